The molecule has 0 aliphatic rings. The van der Waals surface area contributed by atoms with Crippen molar-refractivity contribution < 1.29 is 18.8 Å². The monoisotopic (exact) mass is 241 g/mol. The molecule has 0 radical (unpaired) electrons. The van der Waals surface area contributed by atoms with Gasteiger partial charge in [0.1, 0.15) is 5.82 Å². The van der Waals surface area contributed by atoms with Crippen LogP contribution in [-0.2, 0) is 14.4 Å². The molecule has 0 aliphatic heterocycles. The van der Waals surface area contributed by atoms with Crippen LogP contribution in [0.15, 0.2) is 24.3 Å². The molecule has 0 aliphatic carbocycles. The summed E-state index contributed by atoms with van der Waals surface area (Å²) < 4.78 is 18.2. The summed E-state index contributed by atoms with van der Waals surface area (Å²) in [6.45, 7) is 0.340. The summed E-state index contributed by atoms with van der Waals surface area (Å²) in [5, 5.41) is 0. The van der Waals surface area contributed by atoms with E-state index in [2.05, 4.69) is 10.2 Å². The maximum Gasteiger partial charge on any atom is 0.306 e. The zero-order valence-corrected chi connectivity index (χ0v) is 9.90. The summed E-state index contributed by atoms with van der Waals surface area (Å²) in [6, 6.07) is 6.36. The standard InChI is InChI=1S/C12H16FNO3/c1-16-12(15)7-9(8-14-17-2)10-5-3-4-6-11(10)13/h3-6,9,14H,7-8H2,1-2H3. The molecule has 1 atom stereocenters. The molecule has 94 valence electrons. The molecule has 5 heteroatoms. The Bertz CT molecular complexity index is 371. The fourth-order valence-electron chi connectivity index (χ4n) is 1.57. The normalized spacial score (nSPS) is 12.2. The van der Waals surface area contributed by atoms with Gasteiger partial charge in [-0.1, -0.05) is 18.2 Å². The predicted octanol–water partition coefficient (Wildman–Crippen LogP) is 1.62. The van der Waals surface area contributed by atoms with Crippen molar-refractivity contribution in [3.63, 3.8) is 0 Å². The van der Waals surface area contributed by atoms with Crippen LogP contribution in [0.2, 0.25) is 0 Å². The minimum absolute atomic E-state index is 0.105. The van der Waals surface area contributed by atoms with E-state index in [-0.39, 0.29) is 24.1 Å². The average molecular weight is 241 g/mol. The summed E-state index contributed by atoms with van der Waals surface area (Å²) in [5.74, 6) is -1.03. The molecular weight excluding hydrogens is 225 g/mol. The minimum atomic E-state index is -0.379. The Hall–Kier alpha value is -1.46. The van der Waals surface area contributed by atoms with E-state index in [1.807, 2.05) is 0 Å². The molecule has 0 fully saturated rings. The topological polar surface area (TPSA) is 47.6 Å². The first-order valence-electron chi connectivity index (χ1n) is 5.26. The van der Waals surface area contributed by atoms with Crippen LogP contribution in [0.3, 0.4) is 0 Å². The number of hydrogen-bond donors (Lipinski definition) is 1. The second-order valence-corrected chi connectivity index (χ2v) is 3.55. The van der Waals surface area contributed by atoms with Crippen molar-refractivity contribution in [1.29, 1.82) is 0 Å². The van der Waals surface area contributed by atoms with E-state index in [0.29, 0.717) is 12.1 Å². The first-order valence-corrected chi connectivity index (χ1v) is 5.26. The maximum absolute atomic E-state index is 13.6. The van der Waals surface area contributed by atoms with E-state index in [4.69, 9.17) is 4.84 Å². The lowest BCUT2D eigenvalue weighted by atomic mass is 9.95. The number of carbonyl (C=O) groups is 1. The second kappa shape index (κ2) is 6.98. The number of hydrogen-bond acceptors (Lipinski definition) is 4. The lowest BCUT2D eigenvalue weighted by Gasteiger charge is -2.16. The van der Waals surface area contributed by atoms with Gasteiger partial charge in [0, 0.05) is 12.5 Å². The minimum Gasteiger partial charge on any atom is -0.469 e. The first-order chi connectivity index (χ1) is 8.19. The van der Waals surface area contributed by atoms with E-state index in [9.17, 15) is 9.18 Å². The zero-order valence-electron chi connectivity index (χ0n) is 9.90. The van der Waals surface area contributed by atoms with E-state index in [1.54, 1.807) is 18.2 Å². The molecule has 1 unspecified atom stereocenters. The van der Waals surface area contributed by atoms with E-state index in [0.717, 1.165) is 0 Å². The van der Waals surface area contributed by atoms with Crippen molar-refractivity contribution in [3.05, 3.63) is 35.6 Å². The highest BCUT2D eigenvalue weighted by Crippen LogP contribution is 2.22. The summed E-state index contributed by atoms with van der Waals surface area (Å²) >= 11 is 0. The first kappa shape index (κ1) is 13.6. The molecule has 0 spiro atoms. The van der Waals surface area contributed by atoms with Gasteiger partial charge in [0.05, 0.1) is 20.6 Å². The van der Waals surface area contributed by atoms with Crippen molar-refractivity contribution in [3.8, 4) is 0 Å². The molecule has 4 nitrogen and oxygen atoms in total. The summed E-state index contributed by atoms with van der Waals surface area (Å²) in [4.78, 5) is 16.0. The third kappa shape index (κ3) is 4.13. The Labute approximate surface area is 99.7 Å². The fourth-order valence-corrected chi connectivity index (χ4v) is 1.57. The molecular formula is C12H16FNO3. The van der Waals surface area contributed by atoms with Crippen LogP contribution in [0, 0.1) is 5.82 Å². The fraction of sp³-hybridized carbons (Fsp3) is 0.417. The number of rotatable bonds is 6. The lowest BCUT2D eigenvalue weighted by Crippen LogP contribution is -2.23. The average Bonchev–Trinajstić information content (AvgIpc) is 2.35. The molecule has 1 N–H and O–H groups in total. The Kier molecular flexibility index (Phi) is 5.59. The molecule has 1 rings (SSSR count). The van der Waals surface area contributed by atoms with Crippen molar-refractivity contribution >= 4 is 5.97 Å². The lowest BCUT2D eigenvalue weighted by molar-refractivity contribution is -0.141. The number of carbonyl (C=O) groups excluding carboxylic acids is 1. The number of halogens is 1. The van der Waals surface area contributed by atoms with Gasteiger partial charge in [0.15, 0.2) is 0 Å². The smallest absolute Gasteiger partial charge is 0.306 e. The summed E-state index contributed by atoms with van der Waals surface area (Å²) in [5.41, 5.74) is 3.10. The van der Waals surface area contributed by atoms with Gasteiger partial charge in [-0.25, -0.2) is 9.87 Å². The van der Waals surface area contributed by atoms with E-state index < -0.39 is 0 Å². The second-order valence-electron chi connectivity index (χ2n) is 3.55. The largest absolute Gasteiger partial charge is 0.469 e. The summed E-state index contributed by atoms with van der Waals surface area (Å²) in [6.07, 6.45) is 0.105. The number of hydroxylamine groups is 1. The Morgan fingerprint density at radius 1 is 1.41 bits per heavy atom. The van der Waals surface area contributed by atoms with Gasteiger partial charge in [0.2, 0.25) is 0 Å². The number of methoxy groups -OCH3 is 1. The van der Waals surface area contributed by atoms with Crippen molar-refractivity contribution in [2.75, 3.05) is 20.8 Å². The Morgan fingerprint density at radius 2 is 2.12 bits per heavy atom. The zero-order chi connectivity index (χ0) is 12.7. The summed E-state index contributed by atoms with van der Waals surface area (Å²) in [7, 11) is 2.78. The van der Waals surface area contributed by atoms with Crippen molar-refractivity contribution in [2.45, 2.75) is 12.3 Å². The number of ether oxygens (including phenoxy) is 1. The predicted molar refractivity (Wildman–Crippen MR) is 60.8 cm³/mol. The number of nitrogens with one attached hydrogen (secondary N) is 1. The molecule has 1 aromatic rings. The van der Waals surface area contributed by atoms with E-state index >= 15 is 0 Å². The SMILES string of the molecule is CONCC(CC(=O)OC)c1ccccc1F. The van der Waals surface area contributed by atoms with Crippen molar-refractivity contribution in [1.82, 2.24) is 5.48 Å². The Morgan fingerprint density at radius 3 is 2.71 bits per heavy atom. The van der Waals surface area contributed by atoms with Crippen LogP contribution in [0.5, 0.6) is 0 Å². The number of esters is 1. The van der Waals surface area contributed by atoms with Gasteiger partial charge in [-0.15, -0.1) is 0 Å². The van der Waals surface area contributed by atoms with Gasteiger partial charge in [-0.3, -0.25) is 4.79 Å². The van der Waals surface area contributed by atoms with Gasteiger partial charge >= 0.3 is 5.97 Å². The highest BCUT2D eigenvalue weighted by atomic mass is 19.1. The van der Waals surface area contributed by atoms with Crippen LogP contribution in [-0.4, -0.2) is 26.7 Å². The maximum atomic E-state index is 13.6. The quantitative estimate of drug-likeness (QED) is 0.607. The van der Waals surface area contributed by atoms with Gasteiger partial charge < -0.3 is 9.57 Å². The Balaban J connectivity index is 2.81. The third-order valence-electron chi connectivity index (χ3n) is 2.46. The molecule has 0 heterocycles. The molecule has 0 saturated heterocycles. The highest BCUT2D eigenvalue weighted by Gasteiger charge is 2.19. The van der Waals surface area contributed by atoms with Crippen LogP contribution in [0.1, 0.15) is 17.9 Å². The van der Waals surface area contributed by atoms with Crippen LogP contribution in [0.25, 0.3) is 0 Å². The molecule has 0 bridgehead atoms. The highest BCUT2D eigenvalue weighted by molar-refractivity contribution is 5.70. The van der Waals surface area contributed by atoms with Crippen LogP contribution in [0.4, 0.5) is 4.39 Å². The molecule has 17 heavy (non-hydrogen) atoms. The van der Waals surface area contributed by atoms with E-state index in [1.165, 1.54) is 20.3 Å². The third-order valence-corrected chi connectivity index (χ3v) is 2.46. The van der Waals surface area contributed by atoms with Gasteiger partial charge in [0.25, 0.3) is 0 Å². The van der Waals surface area contributed by atoms with Crippen molar-refractivity contribution in [2.24, 2.45) is 0 Å². The number of benzene rings is 1. The molecule has 0 amide bonds. The molecule has 0 aromatic heterocycles. The van der Waals surface area contributed by atoms with Gasteiger partial charge in [-0.05, 0) is 11.6 Å². The van der Waals surface area contributed by atoms with Crippen LogP contribution < -0.4 is 5.48 Å². The van der Waals surface area contributed by atoms with Crippen LogP contribution >= 0.6 is 0 Å². The molecule has 0 saturated carbocycles. The molecule has 1 aromatic carbocycles. The van der Waals surface area contributed by atoms with Gasteiger partial charge in [-0.2, -0.15) is 0 Å².